The van der Waals surface area contributed by atoms with Crippen LogP contribution < -0.4 is 5.73 Å². The highest BCUT2D eigenvalue weighted by atomic mass is 35.5. The first-order chi connectivity index (χ1) is 12.9. The molecule has 1 aliphatic rings. The van der Waals surface area contributed by atoms with Crippen molar-refractivity contribution in [1.29, 1.82) is 0 Å². The number of carbonyl (C=O) groups is 2. The standard InChI is InChI=1S/C17H17ClFN3O3S2/c18-11-7-9(19)1-2-10(11)15(20)13-3-4-14(23)22(13)5-6-26-17-21-12(8-27-17)16(24)25/h1-2,7-8,13,15H,3-6,20H2,(H,24,25)/t13-,15?/m1/s1. The highest BCUT2D eigenvalue weighted by molar-refractivity contribution is 8.01. The summed E-state index contributed by atoms with van der Waals surface area (Å²) in [5, 5.41) is 10.6. The monoisotopic (exact) mass is 429 g/mol. The van der Waals surface area contributed by atoms with Gasteiger partial charge < -0.3 is 15.7 Å². The number of aromatic nitrogens is 1. The molecule has 0 bridgehead atoms. The number of hydrogen-bond donors (Lipinski definition) is 2. The summed E-state index contributed by atoms with van der Waals surface area (Å²) in [6.07, 6.45) is 1.01. The molecule has 0 spiro atoms. The van der Waals surface area contributed by atoms with Gasteiger partial charge in [0, 0.05) is 29.1 Å². The van der Waals surface area contributed by atoms with Crippen molar-refractivity contribution in [3.05, 3.63) is 45.7 Å². The fraction of sp³-hybridized carbons (Fsp3) is 0.353. The molecule has 0 radical (unpaired) electrons. The number of nitrogens with zero attached hydrogens (tertiary/aromatic N) is 2. The fourth-order valence-electron chi connectivity index (χ4n) is 3.05. The highest BCUT2D eigenvalue weighted by Crippen LogP contribution is 2.33. The molecule has 3 N–H and O–H groups in total. The fourth-order valence-corrected chi connectivity index (χ4v) is 5.15. The molecule has 2 atom stereocenters. The lowest BCUT2D eigenvalue weighted by Gasteiger charge is -2.30. The van der Waals surface area contributed by atoms with Crippen LogP contribution in [0.4, 0.5) is 4.39 Å². The van der Waals surface area contributed by atoms with Crippen LogP contribution >= 0.6 is 34.7 Å². The van der Waals surface area contributed by atoms with Gasteiger partial charge in [-0.25, -0.2) is 14.2 Å². The van der Waals surface area contributed by atoms with E-state index in [1.165, 1.54) is 40.6 Å². The Morgan fingerprint density at radius 1 is 1.56 bits per heavy atom. The van der Waals surface area contributed by atoms with Gasteiger partial charge in [0.1, 0.15) is 5.82 Å². The zero-order chi connectivity index (χ0) is 19.6. The quantitative estimate of drug-likeness (QED) is 0.654. The first-order valence-corrected chi connectivity index (χ1v) is 10.4. The van der Waals surface area contributed by atoms with Crippen LogP contribution in [0.25, 0.3) is 0 Å². The minimum absolute atomic E-state index is 0.0136. The van der Waals surface area contributed by atoms with Gasteiger partial charge in [-0.15, -0.1) is 11.3 Å². The van der Waals surface area contributed by atoms with Gasteiger partial charge >= 0.3 is 5.97 Å². The molecule has 1 aliphatic heterocycles. The van der Waals surface area contributed by atoms with E-state index in [1.807, 2.05) is 0 Å². The zero-order valence-electron chi connectivity index (χ0n) is 14.1. The Morgan fingerprint density at radius 2 is 2.33 bits per heavy atom. The molecule has 1 saturated heterocycles. The van der Waals surface area contributed by atoms with E-state index in [0.717, 1.165) is 0 Å². The van der Waals surface area contributed by atoms with Crippen molar-refractivity contribution < 1.29 is 19.1 Å². The maximum Gasteiger partial charge on any atom is 0.355 e. The van der Waals surface area contributed by atoms with Crippen molar-refractivity contribution in [3.8, 4) is 0 Å². The Bertz CT molecular complexity index is 864. The molecule has 144 valence electrons. The number of carboxylic acids is 1. The number of amides is 1. The van der Waals surface area contributed by atoms with Crippen molar-refractivity contribution in [1.82, 2.24) is 9.88 Å². The molecule has 2 aromatic rings. The van der Waals surface area contributed by atoms with Gasteiger partial charge in [-0.1, -0.05) is 29.4 Å². The average molecular weight is 430 g/mol. The molecule has 2 heterocycles. The third-order valence-electron chi connectivity index (χ3n) is 4.37. The Morgan fingerprint density at radius 3 is 3.00 bits per heavy atom. The summed E-state index contributed by atoms with van der Waals surface area (Å²) in [6, 6.07) is 3.36. The molecule has 10 heteroatoms. The number of nitrogens with two attached hydrogens (primary N) is 1. The van der Waals surface area contributed by atoms with Crippen LogP contribution in [0.1, 0.15) is 34.9 Å². The lowest BCUT2D eigenvalue weighted by molar-refractivity contribution is -0.128. The van der Waals surface area contributed by atoms with E-state index in [4.69, 9.17) is 22.4 Å². The van der Waals surface area contributed by atoms with Gasteiger partial charge in [-0.05, 0) is 24.1 Å². The summed E-state index contributed by atoms with van der Waals surface area (Å²) in [6.45, 7) is 0.461. The van der Waals surface area contributed by atoms with E-state index in [1.54, 1.807) is 11.0 Å². The summed E-state index contributed by atoms with van der Waals surface area (Å²) >= 11 is 8.77. The van der Waals surface area contributed by atoms with E-state index >= 15 is 0 Å². The largest absolute Gasteiger partial charge is 0.476 e. The lowest BCUT2D eigenvalue weighted by atomic mass is 9.98. The zero-order valence-corrected chi connectivity index (χ0v) is 16.5. The van der Waals surface area contributed by atoms with Crippen LogP contribution in [0.3, 0.4) is 0 Å². The lowest BCUT2D eigenvalue weighted by Crippen LogP contribution is -2.41. The van der Waals surface area contributed by atoms with E-state index in [2.05, 4.69) is 4.98 Å². The smallest absolute Gasteiger partial charge is 0.355 e. The van der Waals surface area contributed by atoms with Crippen LogP contribution in [0.5, 0.6) is 0 Å². The normalized spacial score (nSPS) is 18.1. The van der Waals surface area contributed by atoms with Crippen molar-refractivity contribution in [2.75, 3.05) is 12.3 Å². The summed E-state index contributed by atoms with van der Waals surface area (Å²) in [4.78, 5) is 28.9. The number of rotatable bonds is 7. The van der Waals surface area contributed by atoms with Crippen LogP contribution in [0, 0.1) is 5.82 Å². The molecule has 1 aromatic carbocycles. The summed E-state index contributed by atoms with van der Waals surface area (Å²) in [5.41, 5.74) is 6.97. The molecule has 0 saturated carbocycles. The average Bonchev–Trinajstić information content (AvgIpc) is 3.22. The van der Waals surface area contributed by atoms with Crippen LogP contribution in [-0.2, 0) is 4.79 Å². The molecule has 3 rings (SSSR count). The Kier molecular flexibility index (Phi) is 6.36. The topological polar surface area (TPSA) is 96.5 Å². The maximum absolute atomic E-state index is 13.3. The Labute approximate surface area is 168 Å². The number of aromatic carboxylic acids is 1. The highest BCUT2D eigenvalue weighted by Gasteiger charge is 2.36. The molecular weight excluding hydrogens is 413 g/mol. The summed E-state index contributed by atoms with van der Waals surface area (Å²) < 4.78 is 13.9. The molecule has 27 heavy (non-hydrogen) atoms. The molecule has 1 amide bonds. The number of hydrogen-bond acceptors (Lipinski definition) is 6. The minimum atomic E-state index is -1.06. The Hall–Kier alpha value is -1.68. The molecule has 1 aromatic heterocycles. The van der Waals surface area contributed by atoms with E-state index in [0.29, 0.717) is 35.0 Å². The maximum atomic E-state index is 13.3. The van der Waals surface area contributed by atoms with Crippen LogP contribution in [0.15, 0.2) is 27.9 Å². The van der Waals surface area contributed by atoms with Crippen LogP contribution in [0.2, 0.25) is 5.02 Å². The number of halogens is 2. The second kappa shape index (κ2) is 8.55. The third kappa shape index (κ3) is 4.60. The van der Waals surface area contributed by atoms with Crippen LogP contribution in [-0.4, -0.2) is 45.2 Å². The molecule has 6 nitrogen and oxygen atoms in total. The van der Waals surface area contributed by atoms with Crippen molar-refractivity contribution in [2.24, 2.45) is 5.73 Å². The SMILES string of the molecule is NC(c1ccc(F)cc1Cl)[C@H]1CCC(=O)N1CCSc1nc(C(=O)O)cs1. The van der Waals surface area contributed by atoms with Crippen molar-refractivity contribution in [2.45, 2.75) is 29.3 Å². The van der Waals surface area contributed by atoms with E-state index in [9.17, 15) is 14.0 Å². The second-order valence-corrected chi connectivity index (χ2v) is 8.64. The molecular formula is C17H17ClFN3O3S2. The predicted octanol–water partition coefficient (Wildman–Crippen LogP) is 3.42. The number of carbonyl (C=O) groups excluding carboxylic acids is 1. The van der Waals surface area contributed by atoms with Gasteiger partial charge in [0.25, 0.3) is 0 Å². The van der Waals surface area contributed by atoms with Gasteiger partial charge in [-0.3, -0.25) is 4.79 Å². The number of likely N-dealkylation sites (tertiary alicyclic amines) is 1. The first kappa shape index (κ1) is 20.1. The van der Waals surface area contributed by atoms with Crippen molar-refractivity contribution >= 4 is 46.6 Å². The Balaban J connectivity index is 1.64. The number of benzene rings is 1. The van der Waals surface area contributed by atoms with Crippen molar-refractivity contribution in [3.63, 3.8) is 0 Å². The molecule has 0 aliphatic carbocycles. The van der Waals surface area contributed by atoms with E-state index < -0.39 is 17.8 Å². The third-order valence-corrected chi connectivity index (χ3v) is 6.70. The molecule has 1 fully saturated rings. The van der Waals surface area contributed by atoms with Gasteiger partial charge in [0.05, 0.1) is 12.1 Å². The van der Waals surface area contributed by atoms with Gasteiger partial charge in [0.2, 0.25) is 5.91 Å². The summed E-state index contributed by atoms with van der Waals surface area (Å²) in [5.74, 6) is -0.913. The first-order valence-electron chi connectivity index (χ1n) is 8.18. The van der Waals surface area contributed by atoms with Gasteiger partial charge in [0.15, 0.2) is 10.0 Å². The number of thiazole rings is 1. The number of thioether (sulfide) groups is 1. The molecule has 1 unspecified atom stereocenters. The predicted molar refractivity (Wildman–Crippen MR) is 103 cm³/mol. The second-order valence-electron chi connectivity index (χ2n) is 6.04. The van der Waals surface area contributed by atoms with E-state index in [-0.39, 0.29) is 22.7 Å². The van der Waals surface area contributed by atoms with Gasteiger partial charge in [-0.2, -0.15) is 0 Å². The summed E-state index contributed by atoms with van der Waals surface area (Å²) in [7, 11) is 0. The number of carboxylic acid groups (broad SMARTS) is 1. The minimum Gasteiger partial charge on any atom is -0.476 e.